The fourth-order valence-electron chi connectivity index (χ4n) is 8.84. The van der Waals surface area contributed by atoms with E-state index in [0.29, 0.717) is 31.5 Å². The van der Waals surface area contributed by atoms with Gasteiger partial charge in [0.25, 0.3) is 17.3 Å². The number of nitro groups is 2. The average molecular weight is 1350 g/mol. The summed E-state index contributed by atoms with van der Waals surface area (Å²) in [5, 5.41) is 22.0. The van der Waals surface area contributed by atoms with Gasteiger partial charge in [-0.1, -0.05) is 72.1 Å². The summed E-state index contributed by atoms with van der Waals surface area (Å²) < 4.78 is 86.9. The van der Waals surface area contributed by atoms with Gasteiger partial charge in [-0.25, -0.2) is 18.0 Å². The number of sulfone groups is 1. The number of amides is 2. The van der Waals surface area contributed by atoms with E-state index in [9.17, 15) is 75.4 Å². The van der Waals surface area contributed by atoms with Crippen molar-refractivity contribution < 1.29 is 88.7 Å². The van der Waals surface area contributed by atoms with Gasteiger partial charge in [0.05, 0.1) is 67.6 Å². The first-order valence-electron chi connectivity index (χ1n) is 26.8. The monoisotopic (exact) mass is 1340 g/mol. The lowest BCUT2D eigenvalue weighted by Crippen LogP contribution is -2.47. The van der Waals surface area contributed by atoms with Gasteiger partial charge >= 0.3 is 18.1 Å². The molecule has 0 spiro atoms. The summed E-state index contributed by atoms with van der Waals surface area (Å²) in [5.74, 6) is -5.71. The largest absolute Gasteiger partial charge is 0.489 e. The number of alkyl halides is 6. The molecule has 0 aromatic heterocycles. The third-order valence-corrected chi connectivity index (χ3v) is 15.0. The van der Waals surface area contributed by atoms with Crippen LogP contribution in [-0.4, -0.2) is 121 Å². The maximum Gasteiger partial charge on any atom is 0.416 e. The van der Waals surface area contributed by atoms with Crippen molar-refractivity contribution in [1.82, 2.24) is 0 Å². The number of ether oxygens (including phenoxy) is 5. The molecular formula is C59H61Cl4F3N4O18S. The third kappa shape index (κ3) is 19.9. The van der Waals surface area contributed by atoms with Crippen LogP contribution in [0.2, 0.25) is 5.02 Å². The summed E-state index contributed by atoms with van der Waals surface area (Å²) in [5.41, 5.74) is 0.597. The predicted octanol–water partition coefficient (Wildman–Crippen LogP) is 12.1. The molecule has 0 saturated heterocycles. The zero-order chi connectivity index (χ0) is 66.8. The molecule has 30 heteroatoms. The maximum absolute atomic E-state index is 12.8. The molecule has 2 aliphatic rings. The highest BCUT2D eigenvalue weighted by atomic mass is 35.5. The van der Waals surface area contributed by atoms with Crippen LogP contribution in [0.1, 0.15) is 91.3 Å². The molecule has 1 fully saturated rings. The second-order valence-corrected chi connectivity index (χ2v) is 23.3. The lowest BCUT2D eigenvalue weighted by atomic mass is 9.81. The van der Waals surface area contributed by atoms with Gasteiger partial charge in [-0.15, -0.1) is 11.6 Å². The molecule has 5 aromatic rings. The molecule has 1 saturated carbocycles. The van der Waals surface area contributed by atoms with Crippen molar-refractivity contribution in [2.45, 2.75) is 101 Å². The fraction of sp³-hybridized carbons (Fsp3) is 0.373. The first-order valence-corrected chi connectivity index (χ1v) is 30.5. The molecule has 3 atom stereocenters. The second-order valence-electron chi connectivity index (χ2n) is 19.5. The number of aryl methyl sites for hydroxylation is 2. The Hall–Kier alpha value is -7.75. The number of hydrogen-bond acceptors (Lipinski definition) is 18. The number of para-hydroxylation sites is 3. The molecule has 480 valence electrons. The number of ketones is 3. The molecule has 2 amide bonds. The fourth-order valence-corrected chi connectivity index (χ4v) is 10.0. The SMILES string of the molecule is CC1COc2ccccc2N1C(=O)C(Cl)Cl.CCOC(=O)C(C)OC(=O)c1cc(Oc2ccc(C(F)(F)F)cc2Cl)ccc1[N+](=O)[O-].CCc1cccc(C)c1N(C(=O)CCl)C(C)COC.CS(=O)(=O)c1ccc(C(=O)C2C(=O)CCCC2=O)c([N+](=O)[O-])c1. The second kappa shape index (κ2) is 33.2. The van der Waals surface area contributed by atoms with E-state index >= 15 is 0 Å². The molecule has 7 rings (SSSR count). The smallest absolute Gasteiger partial charge is 0.416 e. The van der Waals surface area contributed by atoms with Crippen molar-refractivity contribution in [3.63, 3.8) is 0 Å². The number of nitro benzene ring substituents is 2. The van der Waals surface area contributed by atoms with Crippen LogP contribution < -0.4 is 19.3 Å². The number of fused-ring (bicyclic) bond motifs is 1. The Balaban J connectivity index is 0.000000261. The van der Waals surface area contributed by atoms with E-state index in [1.807, 2.05) is 57.2 Å². The number of anilines is 2. The highest BCUT2D eigenvalue weighted by Gasteiger charge is 2.40. The lowest BCUT2D eigenvalue weighted by Gasteiger charge is -2.35. The first-order chi connectivity index (χ1) is 41.7. The number of hydrogen-bond donors (Lipinski definition) is 0. The average Bonchev–Trinajstić information content (AvgIpc) is 1.22. The Morgan fingerprint density at radius 3 is 2.06 bits per heavy atom. The van der Waals surface area contributed by atoms with E-state index in [-0.39, 0.29) is 70.6 Å². The zero-order valence-corrected chi connectivity index (χ0v) is 52.8. The van der Waals surface area contributed by atoms with Crippen LogP contribution in [0.25, 0.3) is 0 Å². The number of benzene rings is 5. The van der Waals surface area contributed by atoms with Crippen LogP contribution >= 0.6 is 46.4 Å². The third-order valence-electron chi connectivity index (χ3n) is 13.0. The van der Waals surface area contributed by atoms with Crippen molar-refractivity contribution in [3.8, 4) is 17.2 Å². The first kappa shape index (κ1) is 73.7. The summed E-state index contributed by atoms with van der Waals surface area (Å²) in [7, 11) is -2.06. The van der Waals surface area contributed by atoms with E-state index < -0.39 is 100 Å². The summed E-state index contributed by atoms with van der Waals surface area (Å²) in [6.07, 6.45) is -3.70. The normalized spacial score (nSPS) is 14.5. The number of carbonyl (C=O) groups excluding carboxylic acids is 7. The molecule has 1 aliphatic heterocycles. The van der Waals surface area contributed by atoms with Crippen LogP contribution in [0.5, 0.6) is 17.2 Å². The Kier molecular flexibility index (Phi) is 27.5. The Morgan fingerprint density at radius 1 is 0.865 bits per heavy atom. The van der Waals surface area contributed by atoms with E-state index in [0.717, 1.165) is 83.7 Å². The molecule has 1 heterocycles. The number of methoxy groups -OCH3 is 1. The van der Waals surface area contributed by atoms with Crippen LogP contribution in [0.15, 0.2) is 102 Å². The standard InChI is InChI=1S/C19H15ClF3NO7.C15H22ClNO2.C14H13NO7S.C11H11Cl2NO2/c1-3-29-17(25)10(2)30-18(26)13-9-12(5-6-15(13)24(27)28)31-16-7-4-11(8-14(16)20)19(21,22)23;1-5-13-8-6-7-11(2)15(13)17(14(18)9-16)12(3)10-19-4;1-23(21,22)8-5-6-9(10(7-8)15(19)20)14(18)13-11(16)3-2-4-12(13)17;1-7-6-16-9-5-3-2-4-8(9)14(7)11(15)10(12)13/h4-10H,3H2,1-2H3;6-8,12H,5,9-10H2,1-4H3;5-7,13H,2-4H2,1H3;2-5,7,10H,6H2,1H3. The van der Waals surface area contributed by atoms with Gasteiger partial charge in [-0.05, 0) is 107 Å². The summed E-state index contributed by atoms with van der Waals surface area (Å²) >= 11 is 22.8. The minimum atomic E-state index is -4.61. The molecular weight excluding hydrogens is 1280 g/mol. The Bertz CT molecular complexity index is 3560. The van der Waals surface area contributed by atoms with Crippen molar-refractivity contribution >= 4 is 120 Å². The summed E-state index contributed by atoms with van der Waals surface area (Å²) in [6.45, 7) is 11.7. The highest BCUT2D eigenvalue weighted by molar-refractivity contribution is 7.90. The van der Waals surface area contributed by atoms with E-state index in [1.54, 1.807) is 23.8 Å². The summed E-state index contributed by atoms with van der Waals surface area (Å²) in [6, 6.07) is 21.5. The molecule has 5 aromatic carbocycles. The van der Waals surface area contributed by atoms with Crippen LogP contribution in [0.3, 0.4) is 0 Å². The van der Waals surface area contributed by atoms with E-state index in [4.69, 9.17) is 70.1 Å². The lowest BCUT2D eigenvalue weighted by molar-refractivity contribution is -0.385. The molecule has 1 aliphatic carbocycles. The number of nitrogens with zero attached hydrogens (tertiary/aromatic N) is 4. The molecule has 0 N–H and O–H groups in total. The predicted molar refractivity (Wildman–Crippen MR) is 324 cm³/mol. The van der Waals surface area contributed by atoms with E-state index in [1.165, 1.54) is 6.92 Å². The van der Waals surface area contributed by atoms with Crippen LogP contribution in [0, 0.1) is 33.1 Å². The van der Waals surface area contributed by atoms with Crippen molar-refractivity contribution in [1.29, 1.82) is 0 Å². The van der Waals surface area contributed by atoms with Gasteiger partial charge in [0.2, 0.25) is 5.91 Å². The molecule has 3 unspecified atom stereocenters. The van der Waals surface area contributed by atoms with Gasteiger partial charge in [0, 0.05) is 44.4 Å². The van der Waals surface area contributed by atoms with Gasteiger partial charge in [0.15, 0.2) is 38.1 Å². The topological polar surface area (TPSA) is 293 Å². The van der Waals surface area contributed by atoms with Crippen LogP contribution in [-0.2, 0) is 60.6 Å². The molecule has 89 heavy (non-hydrogen) atoms. The number of carbonyl (C=O) groups is 7. The highest BCUT2D eigenvalue weighted by Crippen LogP contribution is 2.39. The Labute approximate surface area is 529 Å². The van der Waals surface area contributed by atoms with Gasteiger partial charge in [-0.3, -0.25) is 44.2 Å². The Morgan fingerprint density at radius 2 is 1.51 bits per heavy atom. The van der Waals surface area contributed by atoms with Gasteiger partial charge in [-0.2, -0.15) is 13.2 Å². The number of halogens is 7. The van der Waals surface area contributed by atoms with Gasteiger partial charge in [0.1, 0.15) is 41.2 Å². The van der Waals surface area contributed by atoms with E-state index in [2.05, 4.69) is 13.0 Å². The molecule has 0 bridgehead atoms. The number of rotatable bonds is 18. The maximum atomic E-state index is 12.8. The van der Waals surface area contributed by atoms with Crippen molar-refractivity contribution in [3.05, 3.63) is 150 Å². The van der Waals surface area contributed by atoms with Crippen LogP contribution in [0.4, 0.5) is 35.9 Å². The minimum Gasteiger partial charge on any atom is -0.489 e. The number of Topliss-reactive ketones (excluding diaryl/α,β-unsaturated/α-hetero) is 3. The van der Waals surface area contributed by atoms with Gasteiger partial charge < -0.3 is 33.5 Å². The van der Waals surface area contributed by atoms with Crippen molar-refractivity contribution in [2.75, 3.05) is 48.9 Å². The molecule has 22 nitrogen and oxygen atoms in total. The zero-order valence-electron chi connectivity index (χ0n) is 49.0. The summed E-state index contributed by atoms with van der Waals surface area (Å²) in [4.78, 5) is 107. The molecule has 0 radical (unpaired) electrons. The quantitative estimate of drug-likeness (QED) is 0.0197. The minimum absolute atomic E-state index is 0.0223. The van der Waals surface area contributed by atoms with Crippen molar-refractivity contribution in [2.24, 2.45) is 5.92 Å². The number of esters is 2.